The van der Waals surface area contributed by atoms with Crippen molar-refractivity contribution in [1.29, 1.82) is 0 Å². The van der Waals surface area contributed by atoms with Crippen LogP contribution in [0.15, 0.2) is 85.2 Å². The van der Waals surface area contributed by atoms with Crippen LogP contribution < -0.4 is 5.32 Å². The first-order chi connectivity index (χ1) is 14.3. The van der Waals surface area contributed by atoms with Crippen molar-refractivity contribution in [3.05, 3.63) is 96.6 Å². The van der Waals surface area contributed by atoms with Crippen LogP contribution in [0.25, 0.3) is 16.5 Å². The molecule has 5 heteroatoms. The lowest BCUT2D eigenvalue weighted by Gasteiger charge is -2.28. The molecule has 1 fully saturated rings. The largest absolute Gasteiger partial charge is 0.352 e. The number of benzene rings is 2. The minimum Gasteiger partial charge on any atom is -0.352 e. The van der Waals surface area contributed by atoms with E-state index in [0.29, 0.717) is 0 Å². The smallest absolute Gasteiger partial charge is 0.170 e. The van der Waals surface area contributed by atoms with Crippen LogP contribution in [0.5, 0.6) is 0 Å². The zero-order chi connectivity index (χ0) is 19.8. The molecular weight excluding hydrogens is 376 g/mol. The Kier molecular flexibility index (Phi) is 4.52. The Morgan fingerprint density at radius 1 is 0.966 bits per heavy atom. The number of aromatic nitrogens is 2. The second-order valence-corrected chi connectivity index (χ2v) is 7.63. The van der Waals surface area contributed by atoms with Crippen molar-refractivity contribution in [3.8, 4) is 5.69 Å². The maximum atomic E-state index is 5.67. The number of hydrogen-bond acceptors (Lipinski definition) is 2. The second kappa shape index (κ2) is 7.33. The van der Waals surface area contributed by atoms with E-state index in [9.17, 15) is 0 Å². The first-order valence-corrected chi connectivity index (χ1v) is 10.3. The number of fused-ring (bicyclic) bond motifs is 1. The fourth-order valence-corrected chi connectivity index (χ4v) is 4.63. The molecule has 1 N–H and O–H groups in total. The van der Waals surface area contributed by atoms with Crippen LogP contribution in [0, 0.1) is 0 Å². The molecule has 0 aliphatic carbocycles. The standard InChI is InChI=1S/C24H22N4S/c1-2-27-23(22(26-24(27)29)20-10-5-6-14-25-20)21-11-7-15-28(21)19-13-12-17-8-3-4-9-18(17)16-19/h3-16,22-23H,2H2,1H3,(H,26,29)/t22-,23+/m0/s1. The van der Waals surface area contributed by atoms with Crippen LogP contribution in [-0.4, -0.2) is 26.1 Å². The Hall–Kier alpha value is -3.18. The normalized spacial score (nSPS) is 18.9. The van der Waals surface area contributed by atoms with Gasteiger partial charge < -0.3 is 14.8 Å². The highest BCUT2D eigenvalue weighted by Crippen LogP contribution is 2.39. The molecule has 4 aromatic rings. The topological polar surface area (TPSA) is 33.1 Å². The van der Waals surface area contributed by atoms with Gasteiger partial charge in [0.1, 0.15) is 0 Å². The van der Waals surface area contributed by atoms with Gasteiger partial charge in [-0.1, -0.05) is 36.4 Å². The Labute approximate surface area is 175 Å². The highest BCUT2D eigenvalue weighted by molar-refractivity contribution is 7.80. The molecule has 0 bridgehead atoms. The number of hydrogen-bond donors (Lipinski definition) is 1. The summed E-state index contributed by atoms with van der Waals surface area (Å²) >= 11 is 5.67. The molecule has 2 aromatic heterocycles. The Morgan fingerprint density at radius 2 is 1.79 bits per heavy atom. The van der Waals surface area contributed by atoms with E-state index in [0.717, 1.165) is 23.0 Å². The van der Waals surface area contributed by atoms with Gasteiger partial charge in [0.15, 0.2) is 5.11 Å². The summed E-state index contributed by atoms with van der Waals surface area (Å²) in [5.41, 5.74) is 3.35. The summed E-state index contributed by atoms with van der Waals surface area (Å²) in [6.07, 6.45) is 3.97. The van der Waals surface area contributed by atoms with Crippen LogP contribution in [0.4, 0.5) is 0 Å². The van der Waals surface area contributed by atoms with E-state index in [1.165, 1.54) is 16.5 Å². The van der Waals surface area contributed by atoms with E-state index < -0.39 is 0 Å². The summed E-state index contributed by atoms with van der Waals surface area (Å²) < 4.78 is 2.27. The van der Waals surface area contributed by atoms with Crippen LogP contribution in [0.3, 0.4) is 0 Å². The quantitative estimate of drug-likeness (QED) is 0.490. The molecule has 1 aliphatic heterocycles. The van der Waals surface area contributed by atoms with Crippen molar-refractivity contribution in [1.82, 2.24) is 19.8 Å². The lowest BCUT2D eigenvalue weighted by Crippen LogP contribution is -2.30. The van der Waals surface area contributed by atoms with E-state index in [2.05, 4.69) is 93.6 Å². The van der Waals surface area contributed by atoms with Crippen molar-refractivity contribution in [2.24, 2.45) is 0 Å². The molecule has 144 valence electrons. The van der Waals surface area contributed by atoms with Gasteiger partial charge in [0.25, 0.3) is 0 Å². The molecule has 0 amide bonds. The molecule has 1 saturated heterocycles. The first kappa shape index (κ1) is 17.9. The van der Waals surface area contributed by atoms with Crippen LogP contribution in [-0.2, 0) is 0 Å². The Balaban J connectivity index is 1.62. The molecule has 3 heterocycles. The van der Waals surface area contributed by atoms with E-state index in [1.807, 2.05) is 18.3 Å². The fourth-order valence-electron chi connectivity index (χ4n) is 4.26. The number of likely N-dealkylation sites (N-methyl/N-ethyl adjacent to an activating group) is 1. The molecule has 0 saturated carbocycles. The van der Waals surface area contributed by atoms with Crippen LogP contribution in [0.2, 0.25) is 0 Å². The zero-order valence-electron chi connectivity index (χ0n) is 16.2. The van der Waals surface area contributed by atoms with Gasteiger partial charge in [0.2, 0.25) is 0 Å². The molecule has 1 aliphatic rings. The SMILES string of the molecule is CCN1C(=S)N[C@@H](c2ccccn2)[C@H]1c1cccn1-c1ccc2ccccc2c1. The van der Waals surface area contributed by atoms with Crippen LogP contribution in [0.1, 0.15) is 30.4 Å². The second-order valence-electron chi connectivity index (χ2n) is 7.25. The van der Waals surface area contributed by atoms with Gasteiger partial charge >= 0.3 is 0 Å². The van der Waals surface area contributed by atoms with Crippen molar-refractivity contribution in [2.75, 3.05) is 6.54 Å². The number of nitrogens with zero attached hydrogens (tertiary/aromatic N) is 3. The lowest BCUT2D eigenvalue weighted by atomic mass is 10.0. The highest BCUT2D eigenvalue weighted by atomic mass is 32.1. The Bertz CT molecular complexity index is 1170. The molecule has 0 unspecified atom stereocenters. The maximum Gasteiger partial charge on any atom is 0.170 e. The number of rotatable bonds is 4. The van der Waals surface area contributed by atoms with Crippen molar-refractivity contribution < 1.29 is 0 Å². The van der Waals surface area contributed by atoms with Gasteiger partial charge in [-0.25, -0.2) is 0 Å². The number of thiocarbonyl (C=S) groups is 1. The van der Waals surface area contributed by atoms with Gasteiger partial charge in [-0.05, 0) is 66.3 Å². The highest BCUT2D eigenvalue weighted by Gasteiger charge is 2.40. The van der Waals surface area contributed by atoms with E-state index >= 15 is 0 Å². The minimum absolute atomic E-state index is 0.0118. The molecular formula is C24H22N4S. The van der Waals surface area contributed by atoms with Gasteiger partial charge in [0, 0.05) is 30.3 Å². The third-order valence-electron chi connectivity index (χ3n) is 5.63. The van der Waals surface area contributed by atoms with E-state index in [1.54, 1.807) is 0 Å². The summed E-state index contributed by atoms with van der Waals surface area (Å²) in [5, 5.41) is 6.76. The fraction of sp³-hybridized carbons (Fsp3) is 0.167. The lowest BCUT2D eigenvalue weighted by molar-refractivity contribution is 0.321. The minimum atomic E-state index is 0.0118. The average Bonchev–Trinajstić information content (AvgIpc) is 3.37. The maximum absolute atomic E-state index is 5.67. The summed E-state index contributed by atoms with van der Waals surface area (Å²) in [6, 6.07) is 25.5. The third-order valence-corrected chi connectivity index (χ3v) is 5.99. The van der Waals surface area contributed by atoms with Crippen LogP contribution >= 0.6 is 12.2 Å². The molecule has 4 nitrogen and oxygen atoms in total. The van der Waals surface area contributed by atoms with Gasteiger partial charge in [-0.2, -0.15) is 0 Å². The van der Waals surface area contributed by atoms with Gasteiger partial charge in [-0.3, -0.25) is 4.98 Å². The monoisotopic (exact) mass is 398 g/mol. The predicted molar refractivity (Wildman–Crippen MR) is 121 cm³/mol. The molecule has 5 rings (SSSR count). The summed E-state index contributed by atoms with van der Waals surface area (Å²) in [5.74, 6) is 0. The first-order valence-electron chi connectivity index (χ1n) is 9.91. The zero-order valence-corrected chi connectivity index (χ0v) is 17.0. The van der Waals surface area contributed by atoms with E-state index in [4.69, 9.17) is 12.2 Å². The van der Waals surface area contributed by atoms with E-state index in [-0.39, 0.29) is 12.1 Å². The summed E-state index contributed by atoms with van der Waals surface area (Å²) in [7, 11) is 0. The van der Waals surface area contributed by atoms with Gasteiger partial charge in [0.05, 0.1) is 17.8 Å². The predicted octanol–water partition coefficient (Wildman–Crippen LogP) is 5.02. The molecule has 0 spiro atoms. The number of pyridine rings is 1. The van der Waals surface area contributed by atoms with Crippen molar-refractivity contribution in [2.45, 2.75) is 19.0 Å². The Morgan fingerprint density at radius 3 is 2.59 bits per heavy atom. The third kappa shape index (κ3) is 3.08. The molecule has 2 aromatic carbocycles. The number of nitrogens with one attached hydrogen (secondary N) is 1. The molecule has 29 heavy (non-hydrogen) atoms. The van der Waals surface area contributed by atoms with Gasteiger partial charge in [-0.15, -0.1) is 0 Å². The summed E-state index contributed by atoms with van der Waals surface area (Å²) in [4.78, 5) is 6.86. The van der Waals surface area contributed by atoms with Crippen molar-refractivity contribution >= 4 is 28.1 Å². The molecule has 0 radical (unpaired) electrons. The summed E-state index contributed by atoms with van der Waals surface area (Å²) in [6.45, 7) is 2.98. The van der Waals surface area contributed by atoms with Crippen molar-refractivity contribution in [3.63, 3.8) is 0 Å². The molecule has 2 atom stereocenters. The average molecular weight is 399 g/mol.